The van der Waals surface area contributed by atoms with Crippen molar-refractivity contribution in [3.63, 3.8) is 0 Å². The zero-order valence-electron chi connectivity index (χ0n) is 17.4. The molecule has 0 bridgehead atoms. The third-order valence-corrected chi connectivity index (χ3v) is 5.65. The highest BCUT2D eigenvalue weighted by Gasteiger charge is 2.46. The van der Waals surface area contributed by atoms with E-state index in [-0.39, 0.29) is 35.5 Å². The quantitative estimate of drug-likeness (QED) is 0.282. The van der Waals surface area contributed by atoms with E-state index in [1.165, 1.54) is 0 Å². The summed E-state index contributed by atoms with van der Waals surface area (Å²) in [6.45, 7) is 1.76. The van der Waals surface area contributed by atoms with Crippen LogP contribution in [0.2, 0.25) is 0 Å². The van der Waals surface area contributed by atoms with Crippen LogP contribution >= 0.6 is 0 Å². The molecule has 13 heteroatoms. The molecule has 3 heterocycles. The molecule has 0 radical (unpaired) electrons. The number of H-pyrrole nitrogens is 1. The summed E-state index contributed by atoms with van der Waals surface area (Å²) in [5, 5.41) is 26.7. The van der Waals surface area contributed by atoms with Gasteiger partial charge in [0.25, 0.3) is 11.5 Å². The Labute approximate surface area is 187 Å². The molecule has 1 aromatic carbocycles. The summed E-state index contributed by atoms with van der Waals surface area (Å²) >= 11 is 0. The minimum Gasteiger partial charge on any atom is -0.481 e. The zero-order chi connectivity index (χ0) is 23.8. The van der Waals surface area contributed by atoms with Crippen molar-refractivity contribution < 1.29 is 24.6 Å². The van der Waals surface area contributed by atoms with E-state index >= 15 is 0 Å². The van der Waals surface area contributed by atoms with Crippen molar-refractivity contribution in [2.75, 3.05) is 40.9 Å². The van der Waals surface area contributed by atoms with Crippen LogP contribution in [0.1, 0.15) is 23.2 Å². The van der Waals surface area contributed by atoms with Crippen LogP contribution in [0.5, 0.6) is 0 Å². The minimum absolute atomic E-state index is 0.0416. The first kappa shape index (κ1) is 21.9. The van der Waals surface area contributed by atoms with Gasteiger partial charge >= 0.3 is 11.9 Å². The fraction of sp³-hybridized carbons (Fsp3) is 0.350. The Hall–Kier alpha value is -4.29. The van der Waals surface area contributed by atoms with Crippen molar-refractivity contribution in [3.8, 4) is 0 Å². The van der Waals surface area contributed by atoms with Gasteiger partial charge in [-0.25, -0.2) is 4.79 Å². The molecule has 174 valence electrons. The van der Waals surface area contributed by atoms with Crippen LogP contribution < -0.4 is 32.1 Å². The Morgan fingerprint density at radius 3 is 2.55 bits per heavy atom. The average molecular weight is 457 g/mol. The van der Waals surface area contributed by atoms with Gasteiger partial charge in [0, 0.05) is 37.3 Å². The molecule has 2 aliphatic heterocycles. The number of amides is 1. The van der Waals surface area contributed by atoms with Crippen LogP contribution in [0.25, 0.3) is 0 Å². The molecule has 2 aromatic rings. The summed E-state index contributed by atoms with van der Waals surface area (Å²) in [4.78, 5) is 55.1. The third-order valence-electron chi connectivity index (χ3n) is 5.65. The molecule has 1 spiro atoms. The smallest absolute Gasteiger partial charge is 0.326 e. The van der Waals surface area contributed by atoms with E-state index in [9.17, 15) is 24.3 Å². The summed E-state index contributed by atoms with van der Waals surface area (Å²) in [6.07, 6.45) is -0.574. The summed E-state index contributed by atoms with van der Waals surface area (Å²) in [6, 6.07) is 5.35. The SMILES string of the molecule is Nc1nc2c(c(=O)[nH]1)NC1(CN2)CN(c2ccc(C(=O)N[C@@H](CCC(=O)O)C(=O)O)cc2)C1. The molecule has 1 saturated heterocycles. The van der Waals surface area contributed by atoms with Crippen LogP contribution in [0.3, 0.4) is 0 Å². The summed E-state index contributed by atoms with van der Waals surface area (Å²) in [5.74, 6) is -2.57. The molecule has 0 aliphatic carbocycles. The molecular weight excluding hydrogens is 434 g/mol. The number of hydrogen-bond acceptors (Lipinski definition) is 9. The average Bonchev–Trinajstić information content (AvgIpc) is 2.74. The second-order valence-electron chi connectivity index (χ2n) is 8.13. The molecule has 33 heavy (non-hydrogen) atoms. The number of fused-ring (bicyclic) bond motifs is 1. The normalized spacial score (nSPS) is 16.5. The van der Waals surface area contributed by atoms with Gasteiger partial charge in [-0.2, -0.15) is 4.98 Å². The first-order chi connectivity index (χ1) is 15.7. The monoisotopic (exact) mass is 457 g/mol. The van der Waals surface area contributed by atoms with Gasteiger partial charge in [-0.3, -0.25) is 19.4 Å². The molecule has 0 unspecified atom stereocenters. The van der Waals surface area contributed by atoms with E-state index in [1.54, 1.807) is 24.3 Å². The lowest BCUT2D eigenvalue weighted by atomic mass is 9.87. The van der Waals surface area contributed by atoms with Crippen LogP contribution in [0.4, 0.5) is 23.1 Å². The van der Waals surface area contributed by atoms with E-state index < -0.39 is 23.9 Å². The molecular formula is C20H23N7O6. The number of carbonyl (C=O) groups is 3. The standard InChI is InChI=1S/C20H23N7O6/c21-19-24-15-14(17(31)25-19)26-20(7-22-15)8-27(9-20)11-3-1-10(2-4-11)16(30)23-12(18(32)33)5-6-13(28)29/h1-4,12,26H,5-9H2,(H,23,30)(H,28,29)(H,32,33)(H4,21,22,24,25,31)/t12-/m0/s1. The van der Waals surface area contributed by atoms with Crippen molar-refractivity contribution >= 4 is 41.0 Å². The number of nitrogens with one attached hydrogen (secondary N) is 4. The van der Waals surface area contributed by atoms with Gasteiger partial charge in [0.2, 0.25) is 5.95 Å². The molecule has 1 atom stereocenters. The van der Waals surface area contributed by atoms with Gasteiger partial charge in [0.05, 0.1) is 5.54 Å². The van der Waals surface area contributed by atoms with Gasteiger partial charge in [0.15, 0.2) is 5.82 Å². The maximum Gasteiger partial charge on any atom is 0.326 e. The second-order valence-corrected chi connectivity index (χ2v) is 8.13. The summed E-state index contributed by atoms with van der Waals surface area (Å²) in [5.41, 5.74) is 6.33. The van der Waals surface area contributed by atoms with Gasteiger partial charge in [0.1, 0.15) is 11.7 Å². The highest BCUT2D eigenvalue weighted by atomic mass is 16.4. The first-order valence-corrected chi connectivity index (χ1v) is 10.2. The number of carbonyl (C=O) groups excluding carboxylic acids is 1. The molecule has 1 aromatic heterocycles. The minimum atomic E-state index is -1.29. The maximum atomic E-state index is 12.4. The number of anilines is 4. The Morgan fingerprint density at radius 1 is 1.21 bits per heavy atom. The number of nitrogens with two attached hydrogens (primary N) is 1. The zero-order valence-corrected chi connectivity index (χ0v) is 17.4. The van der Waals surface area contributed by atoms with Crippen LogP contribution in [-0.4, -0.2) is 69.2 Å². The van der Waals surface area contributed by atoms with E-state index in [4.69, 9.17) is 10.8 Å². The maximum absolute atomic E-state index is 12.4. The molecule has 1 amide bonds. The van der Waals surface area contributed by atoms with E-state index in [0.717, 1.165) is 5.69 Å². The number of carboxylic acids is 2. The number of aromatic nitrogens is 2. The van der Waals surface area contributed by atoms with Gasteiger partial charge in [-0.15, -0.1) is 0 Å². The Morgan fingerprint density at radius 2 is 1.91 bits per heavy atom. The number of hydrogen-bond donors (Lipinski definition) is 7. The summed E-state index contributed by atoms with van der Waals surface area (Å²) in [7, 11) is 0. The molecule has 4 rings (SSSR count). The number of nitrogen functional groups attached to an aromatic ring is 1. The number of carboxylic acid groups (broad SMARTS) is 2. The highest BCUT2D eigenvalue weighted by Crippen LogP contribution is 2.34. The number of aromatic amines is 1. The predicted molar refractivity (Wildman–Crippen MR) is 119 cm³/mol. The summed E-state index contributed by atoms with van der Waals surface area (Å²) < 4.78 is 0. The Balaban J connectivity index is 1.37. The third kappa shape index (κ3) is 4.51. The number of aliphatic carboxylic acids is 2. The van der Waals surface area contributed by atoms with Crippen molar-refractivity contribution in [3.05, 3.63) is 40.2 Å². The van der Waals surface area contributed by atoms with Crippen LogP contribution in [0.15, 0.2) is 29.1 Å². The Kier molecular flexibility index (Phi) is 5.54. The lowest BCUT2D eigenvalue weighted by Gasteiger charge is -2.53. The Bertz CT molecular complexity index is 1160. The van der Waals surface area contributed by atoms with Crippen LogP contribution in [0, 0.1) is 0 Å². The molecule has 0 saturated carbocycles. The van der Waals surface area contributed by atoms with Gasteiger partial charge in [-0.05, 0) is 30.7 Å². The fourth-order valence-electron chi connectivity index (χ4n) is 3.95. The van der Waals surface area contributed by atoms with E-state index in [0.29, 0.717) is 31.1 Å². The van der Waals surface area contributed by atoms with E-state index in [1.807, 2.05) is 0 Å². The van der Waals surface area contributed by atoms with Gasteiger partial charge < -0.3 is 36.8 Å². The highest BCUT2D eigenvalue weighted by molar-refractivity contribution is 5.97. The second kappa shape index (κ2) is 8.33. The van der Waals surface area contributed by atoms with Crippen LogP contribution in [-0.2, 0) is 9.59 Å². The fourth-order valence-corrected chi connectivity index (χ4v) is 3.95. The lowest BCUT2D eigenvalue weighted by molar-refractivity contribution is -0.140. The number of rotatable bonds is 7. The van der Waals surface area contributed by atoms with Crippen molar-refractivity contribution in [1.82, 2.24) is 15.3 Å². The molecule has 8 N–H and O–H groups in total. The molecule has 13 nitrogen and oxygen atoms in total. The number of nitrogens with zero attached hydrogens (tertiary/aromatic N) is 2. The van der Waals surface area contributed by atoms with Crippen molar-refractivity contribution in [2.24, 2.45) is 0 Å². The van der Waals surface area contributed by atoms with Crippen molar-refractivity contribution in [2.45, 2.75) is 24.4 Å². The predicted octanol–water partition coefficient (Wildman–Crippen LogP) is -0.504. The largest absolute Gasteiger partial charge is 0.481 e. The lowest BCUT2D eigenvalue weighted by Crippen LogP contribution is -2.71. The van der Waals surface area contributed by atoms with Crippen molar-refractivity contribution in [1.29, 1.82) is 0 Å². The molecule has 2 aliphatic rings. The topological polar surface area (TPSA) is 203 Å². The number of benzene rings is 1. The molecule has 1 fully saturated rings. The first-order valence-electron chi connectivity index (χ1n) is 10.2. The van der Waals surface area contributed by atoms with E-state index in [2.05, 4.69) is 30.8 Å². The van der Waals surface area contributed by atoms with Gasteiger partial charge in [-0.1, -0.05) is 0 Å².